The van der Waals surface area contributed by atoms with Gasteiger partial charge in [0.15, 0.2) is 0 Å². The molecule has 0 spiro atoms. The smallest absolute Gasteiger partial charge is 0.342 e. The van der Waals surface area contributed by atoms with E-state index in [1.807, 2.05) is 48.5 Å². The third-order valence-corrected chi connectivity index (χ3v) is 5.78. The summed E-state index contributed by atoms with van der Waals surface area (Å²) in [4.78, 5) is 54.1. The number of imide groups is 1. The number of benzene rings is 2. The second-order valence-corrected chi connectivity index (χ2v) is 8.21. The zero-order valence-corrected chi connectivity index (χ0v) is 17.5. The summed E-state index contributed by atoms with van der Waals surface area (Å²) < 4.78 is 0. The van der Waals surface area contributed by atoms with E-state index < -0.39 is 23.8 Å². The second kappa shape index (κ2) is 8.34. The van der Waals surface area contributed by atoms with Crippen LogP contribution in [0.4, 0.5) is 0 Å². The SMILES string of the molecule is CC(C)[C@H](NC(=O)CC1c2ccccc2-c2ccccc21)C(=O)ON1C(=O)CCC1=O. The molecule has 0 bridgehead atoms. The van der Waals surface area contributed by atoms with Crippen molar-refractivity contribution in [3.63, 3.8) is 0 Å². The summed E-state index contributed by atoms with van der Waals surface area (Å²) in [7, 11) is 0. The van der Waals surface area contributed by atoms with Crippen LogP contribution < -0.4 is 5.32 Å². The Kier molecular flexibility index (Phi) is 5.59. The molecule has 7 heteroatoms. The van der Waals surface area contributed by atoms with Gasteiger partial charge in [-0.2, -0.15) is 0 Å². The van der Waals surface area contributed by atoms with E-state index in [4.69, 9.17) is 4.84 Å². The maximum absolute atomic E-state index is 12.9. The van der Waals surface area contributed by atoms with Crippen LogP contribution in [-0.4, -0.2) is 34.8 Å². The molecule has 1 aliphatic carbocycles. The molecule has 1 fully saturated rings. The Hall–Kier alpha value is -3.48. The number of nitrogens with one attached hydrogen (secondary N) is 1. The molecule has 0 aromatic heterocycles. The van der Waals surface area contributed by atoms with Crippen LogP contribution in [0.2, 0.25) is 0 Å². The fraction of sp³-hybridized carbons (Fsp3) is 0.333. The topological polar surface area (TPSA) is 92.8 Å². The third-order valence-electron chi connectivity index (χ3n) is 5.78. The fourth-order valence-electron chi connectivity index (χ4n) is 4.20. The molecule has 0 radical (unpaired) electrons. The van der Waals surface area contributed by atoms with E-state index in [0.717, 1.165) is 22.3 Å². The Morgan fingerprint density at radius 3 is 2.00 bits per heavy atom. The first-order valence-corrected chi connectivity index (χ1v) is 10.4. The second-order valence-electron chi connectivity index (χ2n) is 8.21. The van der Waals surface area contributed by atoms with Gasteiger partial charge >= 0.3 is 5.97 Å². The van der Waals surface area contributed by atoms with Gasteiger partial charge in [0.25, 0.3) is 11.8 Å². The average Bonchev–Trinajstić information content (AvgIpc) is 3.24. The van der Waals surface area contributed by atoms with Crippen molar-refractivity contribution in [2.24, 2.45) is 5.92 Å². The molecule has 1 heterocycles. The van der Waals surface area contributed by atoms with E-state index in [0.29, 0.717) is 5.06 Å². The van der Waals surface area contributed by atoms with E-state index in [1.165, 1.54) is 0 Å². The summed E-state index contributed by atoms with van der Waals surface area (Å²) in [5.74, 6) is -2.62. The van der Waals surface area contributed by atoms with Gasteiger partial charge in [0, 0.05) is 25.2 Å². The molecule has 1 N–H and O–H groups in total. The van der Waals surface area contributed by atoms with Crippen LogP contribution in [0.1, 0.15) is 50.2 Å². The predicted molar refractivity (Wildman–Crippen MR) is 112 cm³/mol. The molecule has 2 aromatic rings. The first-order chi connectivity index (χ1) is 14.9. The maximum atomic E-state index is 12.9. The van der Waals surface area contributed by atoms with Crippen molar-refractivity contribution in [3.05, 3.63) is 59.7 Å². The first-order valence-electron chi connectivity index (χ1n) is 10.4. The monoisotopic (exact) mass is 420 g/mol. The predicted octanol–water partition coefficient (Wildman–Crippen LogP) is 2.94. The number of amides is 3. The van der Waals surface area contributed by atoms with Crippen molar-refractivity contribution in [1.82, 2.24) is 10.4 Å². The molecule has 1 saturated heterocycles. The van der Waals surface area contributed by atoms with Crippen LogP contribution in [0, 0.1) is 5.92 Å². The lowest BCUT2D eigenvalue weighted by Crippen LogP contribution is -2.48. The summed E-state index contributed by atoms with van der Waals surface area (Å²) in [6, 6.07) is 15.0. The molecule has 1 aliphatic heterocycles. The lowest BCUT2D eigenvalue weighted by molar-refractivity contribution is -0.199. The molecule has 3 amide bonds. The van der Waals surface area contributed by atoms with Crippen molar-refractivity contribution in [2.75, 3.05) is 0 Å². The van der Waals surface area contributed by atoms with E-state index in [-0.39, 0.29) is 37.0 Å². The minimum atomic E-state index is -0.972. The summed E-state index contributed by atoms with van der Waals surface area (Å²) in [6.07, 6.45) is 0.211. The highest BCUT2D eigenvalue weighted by Crippen LogP contribution is 2.46. The van der Waals surface area contributed by atoms with Crippen LogP contribution in [-0.2, 0) is 24.0 Å². The number of rotatable bonds is 6. The molecule has 0 unspecified atom stereocenters. The van der Waals surface area contributed by atoms with Gasteiger partial charge in [-0.3, -0.25) is 14.4 Å². The van der Waals surface area contributed by atoms with Crippen molar-refractivity contribution < 1.29 is 24.0 Å². The van der Waals surface area contributed by atoms with Crippen LogP contribution in [0.15, 0.2) is 48.5 Å². The molecule has 31 heavy (non-hydrogen) atoms. The summed E-state index contributed by atoms with van der Waals surface area (Å²) in [5.41, 5.74) is 4.38. The van der Waals surface area contributed by atoms with Crippen molar-refractivity contribution >= 4 is 23.7 Å². The van der Waals surface area contributed by atoms with Crippen LogP contribution in [0.3, 0.4) is 0 Å². The van der Waals surface area contributed by atoms with Crippen LogP contribution >= 0.6 is 0 Å². The average molecular weight is 420 g/mol. The highest BCUT2D eigenvalue weighted by Gasteiger charge is 2.37. The van der Waals surface area contributed by atoms with E-state index in [1.54, 1.807) is 13.8 Å². The third kappa shape index (κ3) is 3.95. The van der Waals surface area contributed by atoms with Crippen LogP contribution in [0.25, 0.3) is 11.1 Å². The zero-order chi connectivity index (χ0) is 22.1. The van der Waals surface area contributed by atoms with Gasteiger partial charge < -0.3 is 10.2 Å². The van der Waals surface area contributed by atoms with Gasteiger partial charge in [-0.05, 0) is 28.2 Å². The Balaban J connectivity index is 1.48. The molecule has 2 aliphatic rings. The minimum Gasteiger partial charge on any atom is -0.342 e. The van der Waals surface area contributed by atoms with Crippen LogP contribution in [0.5, 0.6) is 0 Å². The van der Waals surface area contributed by atoms with E-state index in [2.05, 4.69) is 5.32 Å². The van der Waals surface area contributed by atoms with Gasteiger partial charge in [-0.1, -0.05) is 62.4 Å². The molecule has 4 rings (SSSR count). The first kappa shape index (κ1) is 20.8. The lowest BCUT2D eigenvalue weighted by atomic mass is 9.93. The van der Waals surface area contributed by atoms with Gasteiger partial charge in [-0.25, -0.2) is 4.79 Å². The Labute approximate surface area is 180 Å². The number of carbonyl (C=O) groups excluding carboxylic acids is 4. The van der Waals surface area contributed by atoms with E-state index in [9.17, 15) is 19.2 Å². The van der Waals surface area contributed by atoms with Gasteiger partial charge in [0.2, 0.25) is 5.91 Å². The molecule has 7 nitrogen and oxygen atoms in total. The molecular formula is C24H24N2O5. The largest absolute Gasteiger partial charge is 0.355 e. The molecule has 2 aromatic carbocycles. The van der Waals surface area contributed by atoms with E-state index >= 15 is 0 Å². The Morgan fingerprint density at radius 2 is 1.48 bits per heavy atom. The van der Waals surface area contributed by atoms with Crippen molar-refractivity contribution in [2.45, 2.75) is 45.1 Å². The van der Waals surface area contributed by atoms with Gasteiger partial charge in [-0.15, -0.1) is 5.06 Å². The normalized spacial score (nSPS) is 16.3. The van der Waals surface area contributed by atoms with Crippen molar-refractivity contribution in [3.8, 4) is 11.1 Å². The van der Waals surface area contributed by atoms with Gasteiger partial charge in [0.05, 0.1) is 0 Å². The fourth-order valence-corrected chi connectivity index (χ4v) is 4.20. The molecule has 0 saturated carbocycles. The maximum Gasteiger partial charge on any atom is 0.355 e. The minimum absolute atomic E-state index is 0.0192. The highest BCUT2D eigenvalue weighted by molar-refractivity contribution is 6.02. The zero-order valence-electron chi connectivity index (χ0n) is 17.5. The quantitative estimate of drug-likeness (QED) is 0.726. The standard InChI is InChI=1S/C24H24N2O5/c1-14(2)23(24(30)31-26-21(28)11-12-22(26)29)25-20(27)13-19-17-9-5-3-7-15(17)16-8-4-6-10-18(16)19/h3-10,14,19,23H,11-13H2,1-2H3,(H,25,27)/t23-/m0/s1. The van der Waals surface area contributed by atoms with Gasteiger partial charge in [0.1, 0.15) is 6.04 Å². The lowest BCUT2D eigenvalue weighted by Gasteiger charge is -2.23. The highest BCUT2D eigenvalue weighted by atomic mass is 16.7. The number of hydrogen-bond acceptors (Lipinski definition) is 5. The number of hydrogen-bond donors (Lipinski definition) is 1. The molecule has 1 atom stereocenters. The summed E-state index contributed by atoms with van der Waals surface area (Å²) in [6.45, 7) is 3.53. The number of fused-ring (bicyclic) bond motifs is 3. The number of carbonyl (C=O) groups is 4. The Bertz CT molecular complexity index is 1000. The number of nitrogens with zero attached hydrogens (tertiary/aromatic N) is 1. The molecule has 160 valence electrons. The summed E-state index contributed by atoms with van der Waals surface area (Å²) >= 11 is 0. The molecular weight excluding hydrogens is 396 g/mol. The Morgan fingerprint density at radius 1 is 0.968 bits per heavy atom. The summed E-state index contributed by atoms with van der Waals surface area (Å²) in [5, 5.41) is 3.25. The number of hydroxylamine groups is 2. The van der Waals surface area contributed by atoms with Crippen molar-refractivity contribution in [1.29, 1.82) is 0 Å².